The number of aromatic nitrogens is 2. The number of halogens is 4. The Balaban J connectivity index is 2.40. The maximum atomic E-state index is 13.3. The van der Waals surface area contributed by atoms with E-state index in [1.54, 1.807) is 6.07 Å². The second-order valence-corrected chi connectivity index (χ2v) is 3.85. The van der Waals surface area contributed by atoms with Gasteiger partial charge in [-0.15, -0.1) is 0 Å². The second-order valence-electron chi connectivity index (χ2n) is 3.85. The van der Waals surface area contributed by atoms with E-state index in [9.17, 15) is 17.6 Å². The van der Waals surface area contributed by atoms with Crippen LogP contribution in [0, 0.1) is 5.82 Å². The number of nitrogens with zero attached hydrogens (tertiary/aromatic N) is 2. The smallest absolute Gasteiger partial charge is 0.326 e. The molecule has 0 aliphatic rings. The van der Waals surface area contributed by atoms with Gasteiger partial charge < -0.3 is 5.73 Å². The van der Waals surface area contributed by atoms with Crippen molar-refractivity contribution in [2.45, 2.75) is 12.7 Å². The summed E-state index contributed by atoms with van der Waals surface area (Å²) in [5.41, 5.74) is 6.61. The molecule has 0 atom stereocenters. The van der Waals surface area contributed by atoms with Crippen LogP contribution in [0.25, 0.3) is 11.1 Å². The third-order valence-electron chi connectivity index (χ3n) is 2.43. The van der Waals surface area contributed by atoms with Gasteiger partial charge in [0.1, 0.15) is 5.82 Å². The van der Waals surface area contributed by atoms with E-state index in [0.29, 0.717) is 16.7 Å². The van der Waals surface area contributed by atoms with E-state index < -0.39 is 17.8 Å². The molecule has 100 valence electrons. The summed E-state index contributed by atoms with van der Waals surface area (Å²) in [5, 5.41) is 0. The SMILES string of the molecule is NCc1cc(F)cc(-c2cnc(C(F)(F)F)nc2)c1. The second kappa shape index (κ2) is 4.93. The Labute approximate surface area is 106 Å². The lowest BCUT2D eigenvalue weighted by atomic mass is 10.1. The summed E-state index contributed by atoms with van der Waals surface area (Å²) in [4.78, 5) is 6.44. The van der Waals surface area contributed by atoms with E-state index in [4.69, 9.17) is 5.73 Å². The molecule has 0 unspecified atom stereocenters. The van der Waals surface area contributed by atoms with Gasteiger partial charge in [0, 0.05) is 24.5 Å². The van der Waals surface area contributed by atoms with Gasteiger partial charge in [0.15, 0.2) is 0 Å². The van der Waals surface area contributed by atoms with Gasteiger partial charge in [-0.2, -0.15) is 13.2 Å². The molecule has 0 saturated heterocycles. The molecule has 1 aromatic carbocycles. The highest BCUT2D eigenvalue weighted by molar-refractivity contribution is 5.62. The van der Waals surface area contributed by atoms with Crippen LogP contribution in [0.3, 0.4) is 0 Å². The van der Waals surface area contributed by atoms with E-state index in [1.165, 1.54) is 12.1 Å². The van der Waals surface area contributed by atoms with Crippen LogP contribution < -0.4 is 5.73 Å². The number of hydrogen-bond donors (Lipinski definition) is 1. The van der Waals surface area contributed by atoms with Crippen LogP contribution in [0.1, 0.15) is 11.4 Å². The largest absolute Gasteiger partial charge is 0.451 e. The molecule has 0 saturated carbocycles. The zero-order valence-corrected chi connectivity index (χ0v) is 9.58. The minimum atomic E-state index is -4.59. The number of rotatable bonds is 2. The number of hydrogen-bond acceptors (Lipinski definition) is 3. The standard InChI is InChI=1S/C12H9F4N3/c13-10-2-7(4-17)1-8(3-10)9-5-18-11(19-6-9)12(14,15)16/h1-3,5-6H,4,17H2. The Kier molecular flexibility index (Phi) is 3.48. The molecule has 7 heteroatoms. The molecule has 1 heterocycles. The summed E-state index contributed by atoms with van der Waals surface area (Å²) in [6.45, 7) is 0.131. The van der Waals surface area contributed by atoms with Gasteiger partial charge in [0.25, 0.3) is 0 Å². The van der Waals surface area contributed by atoms with Crippen molar-refractivity contribution in [3.05, 3.63) is 47.8 Å². The summed E-state index contributed by atoms with van der Waals surface area (Å²) in [6.07, 6.45) is -2.58. The molecular formula is C12H9F4N3. The van der Waals surface area contributed by atoms with Gasteiger partial charge in [0.05, 0.1) is 0 Å². The summed E-state index contributed by atoms with van der Waals surface area (Å²) in [6, 6.07) is 4.02. The van der Waals surface area contributed by atoms with Crippen LogP contribution in [0.4, 0.5) is 17.6 Å². The first-order valence-corrected chi connectivity index (χ1v) is 5.29. The van der Waals surface area contributed by atoms with Crippen LogP contribution in [0.5, 0.6) is 0 Å². The molecule has 2 rings (SSSR count). The van der Waals surface area contributed by atoms with Crippen molar-refractivity contribution in [2.75, 3.05) is 0 Å². The molecular weight excluding hydrogens is 262 g/mol. The number of benzene rings is 1. The lowest BCUT2D eigenvalue weighted by molar-refractivity contribution is -0.144. The van der Waals surface area contributed by atoms with Crippen molar-refractivity contribution in [3.63, 3.8) is 0 Å². The highest BCUT2D eigenvalue weighted by atomic mass is 19.4. The van der Waals surface area contributed by atoms with Gasteiger partial charge in [-0.25, -0.2) is 14.4 Å². The van der Waals surface area contributed by atoms with Gasteiger partial charge >= 0.3 is 6.18 Å². The maximum Gasteiger partial charge on any atom is 0.451 e. The number of alkyl halides is 3. The quantitative estimate of drug-likeness (QED) is 0.854. The average molecular weight is 271 g/mol. The Morgan fingerprint density at radius 3 is 2.16 bits per heavy atom. The molecule has 2 aromatic rings. The van der Waals surface area contributed by atoms with Crippen molar-refractivity contribution in [2.24, 2.45) is 5.73 Å². The van der Waals surface area contributed by atoms with Crippen molar-refractivity contribution in [3.8, 4) is 11.1 Å². The Morgan fingerprint density at radius 2 is 1.63 bits per heavy atom. The van der Waals surface area contributed by atoms with Gasteiger partial charge in [0.2, 0.25) is 5.82 Å². The van der Waals surface area contributed by atoms with Crippen LogP contribution in [-0.2, 0) is 12.7 Å². The Morgan fingerprint density at radius 1 is 1.00 bits per heavy atom. The zero-order chi connectivity index (χ0) is 14.0. The highest BCUT2D eigenvalue weighted by Gasteiger charge is 2.34. The van der Waals surface area contributed by atoms with E-state index in [-0.39, 0.29) is 6.54 Å². The van der Waals surface area contributed by atoms with Crippen LogP contribution in [-0.4, -0.2) is 9.97 Å². The van der Waals surface area contributed by atoms with Crippen molar-refractivity contribution in [1.29, 1.82) is 0 Å². The summed E-state index contributed by atoms with van der Waals surface area (Å²) in [5.74, 6) is -1.75. The lowest BCUT2D eigenvalue weighted by Gasteiger charge is -2.07. The van der Waals surface area contributed by atoms with Gasteiger partial charge in [-0.05, 0) is 29.3 Å². The summed E-state index contributed by atoms with van der Waals surface area (Å²) >= 11 is 0. The van der Waals surface area contributed by atoms with E-state index in [1.807, 2.05) is 0 Å². The molecule has 1 aromatic heterocycles. The van der Waals surface area contributed by atoms with Crippen molar-refractivity contribution < 1.29 is 17.6 Å². The van der Waals surface area contributed by atoms with Crippen LogP contribution >= 0.6 is 0 Å². The predicted molar refractivity (Wildman–Crippen MR) is 60.3 cm³/mol. The molecule has 19 heavy (non-hydrogen) atoms. The van der Waals surface area contributed by atoms with Crippen molar-refractivity contribution >= 4 is 0 Å². The lowest BCUT2D eigenvalue weighted by Crippen LogP contribution is -2.10. The molecule has 2 N–H and O–H groups in total. The fraction of sp³-hybridized carbons (Fsp3) is 0.167. The van der Waals surface area contributed by atoms with Crippen LogP contribution in [0.2, 0.25) is 0 Å². The van der Waals surface area contributed by atoms with Gasteiger partial charge in [-0.3, -0.25) is 0 Å². The third kappa shape index (κ3) is 3.05. The number of nitrogens with two attached hydrogens (primary N) is 1. The molecule has 0 fully saturated rings. The third-order valence-corrected chi connectivity index (χ3v) is 2.43. The minimum absolute atomic E-state index is 0.131. The monoisotopic (exact) mass is 271 g/mol. The summed E-state index contributed by atoms with van der Waals surface area (Å²) in [7, 11) is 0. The first kappa shape index (κ1) is 13.4. The fourth-order valence-electron chi connectivity index (χ4n) is 1.56. The molecule has 0 spiro atoms. The predicted octanol–water partition coefficient (Wildman–Crippen LogP) is 2.76. The van der Waals surface area contributed by atoms with E-state index in [0.717, 1.165) is 12.4 Å². The first-order chi connectivity index (χ1) is 8.90. The zero-order valence-electron chi connectivity index (χ0n) is 9.58. The summed E-state index contributed by atoms with van der Waals surface area (Å²) < 4.78 is 50.2. The molecule has 0 amide bonds. The molecule has 3 nitrogen and oxygen atoms in total. The average Bonchev–Trinajstić information content (AvgIpc) is 2.37. The molecule has 0 radical (unpaired) electrons. The molecule has 0 bridgehead atoms. The Hall–Kier alpha value is -2.02. The van der Waals surface area contributed by atoms with Crippen LogP contribution in [0.15, 0.2) is 30.6 Å². The maximum absolute atomic E-state index is 13.3. The van der Waals surface area contributed by atoms with Crippen molar-refractivity contribution in [1.82, 2.24) is 9.97 Å². The first-order valence-electron chi connectivity index (χ1n) is 5.29. The minimum Gasteiger partial charge on any atom is -0.326 e. The molecule has 0 aliphatic carbocycles. The van der Waals surface area contributed by atoms with Gasteiger partial charge in [-0.1, -0.05) is 0 Å². The highest BCUT2D eigenvalue weighted by Crippen LogP contribution is 2.27. The molecule has 0 aliphatic heterocycles. The normalized spacial score (nSPS) is 11.6. The fourth-order valence-corrected chi connectivity index (χ4v) is 1.56. The van der Waals surface area contributed by atoms with E-state index >= 15 is 0 Å². The van der Waals surface area contributed by atoms with E-state index in [2.05, 4.69) is 9.97 Å². The Bertz CT molecular complexity index is 579. The topological polar surface area (TPSA) is 51.8 Å².